The second-order valence-corrected chi connectivity index (χ2v) is 10.7. The zero-order valence-corrected chi connectivity index (χ0v) is 22.0. The Bertz CT molecular complexity index is 1120. The molecule has 0 aliphatic carbocycles. The Morgan fingerprint density at radius 1 is 1.25 bits per heavy atom. The molecule has 2 aliphatic heterocycles. The monoisotopic (exact) mass is 539 g/mol. The predicted octanol–water partition coefficient (Wildman–Crippen LogP) is 5.14. The number of thioether (sulfide) groups is 1. The molecular formula is C25H28F3N3O3S2. The molecule has 0 N–H and O–H groups in total. The topological polar surface area (TPSA) is 54.9 Å². The first-order chi connectivity index (χ1) is 17.0. The summed E-state index contributed by atoms with van der Waals surface area (Å²) in [7, 11) is 1.97. The van der Waals surface area contributed by atoms with E-state index in [1.807, 2.05) is 37.6 Å². The highest BCUT2D eigenvalue weighted by Crippen LogP contribution is 2.43. The molecule has 0 saturated carbocycles. The van der Waals surface area contributed by atoms with E-state index in [1.54, 1.807) is 18.3 Å². The number of aromatic nitrogens is 1. The van der Waals surface area contributed by atoms with Gasteiger partial charge in [-0.3, -0.25) is 14.7 Å². The van der Waals surface area contributed by atoms with Gasteiger partial charge in [0.05, 0.1) is 11.7 Å². The summed E-state index contributed by atoms with van der Waals surface area (Å²) in [5.41, 5.74) is 1.06. The normalized spacial score (nSPS) is 25.6. The fourth-order valence-corrected chi connectivity index (χ4v) is 5.20. The van der Waals surface area contributed by atoms with E-state index in [0.717, 1.165) is 34.7 Å². The van der Waals surface area contributed by atoms with Gasteiger partial charge in [-0.1, -0.05) is 42.1 Å². The molecule has 4 rings (SSSR count). The van der Waals surface area contributed by atoms with E-state index in [-0.39, 0.29) is 0 Å². The maximum absolute atomic E-state index is 13.9. The van der Waals surface area contributed by atoms with Gasteiger partial charge in [-0.2, -0.15) is 8.78 Å². The highest BCUT2D eigenvalue weighted by atomic mass is 32.2. The molecule has 3 heterocycles. The van der Waals surface area contributed by atoms with Gasteiger partial charge < -0.3 is 14.4 Å². The van der Waals surface area contributed by atoms with Gasteiger partial charge in [-0.15, -0.1) is 0 Å². The van der Waals surface area contributed by atoms with Crippen LogP contribution in [0.25, 0.3) is 11.1 Å². The number of pyridine rings is 1. The minimum Gasteiger partial charge on any atom is -0.450 e. The minimum atomic E-state index is -3.24. The summed E-state index contributed by atoms with van der Waals surface area (Å²) in [6, 6.07) is 9.89. The average molecular weight is 540 g/mol. The summed E-state index contributed by atoms with van der Waals surface area (Å²) in [6.07, 6.45) is 0.305. The summed E-state index contributed by atoms with van der Waals surface area (Å²) in [6.45, 7) is 2.85. The van der Waals surface area contributed by atoms with Crippen LogP contribution in [-0.4, -0.2) is 69.8 Å². The second kappa shape index (κ2) is 10.3. The summed E-state index contributed by atoms with van der Waals surface area (Å²) >= 11 is 6.65. The van der Waals surface area contributed by atoms with Crippen molar-refractivity contribution >= 4 is 34.3 Å². The molecule has 1 aromatic carbocycles. The molecule has 2 aromatic rings. The lowest BCUT2D eigenvalue weighted by Crippen LogP contribution is -2.57. The molecule has 2 aliphatic rings. The molecule has 0 spiro atoms. The van der Waals surface area contributed by atoms with E-state index in [2.05, 4.69) is 9.88 Å². The lowest BCUT2D eigenvalue weighted by Gasteiger charge is -2.49. The molecule has 3 unspecified atom stereocenters. The van der Waals surface area contributed by atoms with Crippen molar-refractivity contribution in [3.63, 3.8) is 0 Å². The smallest absolute Gasteiger partial charge is 0.315 e. The quantitative estimate of drug-likeness (QED) is 0.471. The molecule has 36 heavy (non-hydrogen) atoms. The Morgan fingerprint density at radius 2 is 1.92 bits per heavy atom. The second-order valence-electron chi connectivity index (χ2n) is 9.28. The summed E-state index contributed by atoms with van der Waals surface area (Å²) in [4.78, 5) is 19.6. The van der Waals surface area contributed by atoms with Crippen molar-refractivity contribution in [2.45, 2.75) is 50.3 Å². The number of carbonyl (C=O) groups excluding carboxylic acids is 1. The fourth-order valence-electron chi connectivity index (χ4n) is 4.84. The number of alkyl halides is 3. The van der Waals surface area contributed by atoms with Gasteiger partial charge in [0.2, 0.25) is 10.1 Å². The molecule has 2 fully saturated rings. The van der Waals surface area contributed by atoms with Gasteiger partial charge >= 0.3 is 6.43 Å². The van der Waals surface area contributed by atoms with Gasteiger partial charge in [0.15, 0.2) is 0 Å². The number of halogens is 3. The molecule has 2 saturated heterocycles. The number of amides is 1. The average Bonchev–Trinajstić information content (AvgIpc) is 3.15. The zero-order chi connectivity index (χ0) is 26.3. The molecule has 6 nitrogen and oxygen atoms in total. The van der Waals surface area contributed by atoms with Crippen LogP contribution in [0.15, 0.2) is 42.6 Å². The summed E-state index contributed by atoms with van der Waals surface area (Å²) in [5.74, 6) is -1.44. The first kappa shape index (κ1) is 26.8. The molecule has 0 bridgehead atoms. The maximum atomic E-state index is 13.9. The first-order valence-corrected chi connectivity index (χ1v) is 13.1. The number of ether oxygens (including phenoxy) is 2. The lowest BCUT2D eigenvalue weighted by molar-refractivity contribution is -0.163. The number of carbonyl (C=O) groups is 1. The highest BCUT2D eigenvalue weighted by Gasteiger charge is 2.52. The van der Waals surface area contributed by atoms with Gasteiger partial charge in [-0.05, 0) is 56.6 Å². The van der Waals surface area contributed by atoms with Crippen molar-refractivity contribution in [3.05, 3.63) is 53.9 Å². The summed E-state index contributed by atoms with van der Waals surface area (Å²) in [5, 5.41) is 0. The SMILES string of the molecule is CSC(=S)OC1(c2ccc(-c3ccc(C4OC(C)(C)N(C(=O)C(F)F)C4CF)cc3)cn2)CCN1C. The van der Waals surface area contributed by atoms with Gasteiger partial charge in [0, 0.05) is 24.7 Å². The van der Waals surface area contributed by atoms with Crippen LogP contribution < -0.4 is 0 Å². The largest absolute Gasteiger partial charge is 0.450 e. The number of nitrogens with zero attached hydrogens (tertiary/aromatic N) is 3. The van der Waals surface area contributed by atoms with Crippen LogP contribution in [0, 0.1) is 0 Å². The van der Waals surface area contributed by atoms with Crippen LogP contribution in [0.2, 0.25) is 0 Å². The highest BCUT2D eigenvalue weighted by molar-refractivity contribution is 8.22. The maximum Gasteiger partial charge on any atom is 0.315 e. The number of rotatable bonds is 6. The van der Waals surface area contributed by atoms with Crippen LogP contribution in [0.4, 0.5) is 13.2 Å². The van der Waals surface area contributed by atoms with Crippen LogP contribution in [0.5, 0.6) is 0 Å². The van der Waals surface area contributed by atoms with Gasteiger partial charge in [0.1, 0.15) is 18.5 Å². The van der Waals surface area contributed by atoms with Crippen LogP contribution in [-0.2, 0) is 20.0 Å². The molecule has 11 heteroatoms. The Hall–Kier alpha value is -2.21. The number of hydrogen-bond donors (Lipinski definition) is 0. The standard InChI is InChI=1S/C25H28F3N3O3S2/c1-24(2)31(22(32)21(27)28)18(13-26)20(33-24)16-7-5-15(6-8-16)17-9-10-19(29-14-17)25(11-12-30(25)3)34-23(35)36-4/h5-10,14,18,20-21H,11-13H2,1-4H3. The van der Waals surface area contributed by atoms with Crippen LogP contribution >= 0.6 is 24.0 Å². The molecule has 194 valence electrons. The number of benzene rings is 1. The van der Waals surface area contributed by atoms with Crippen molar-refractivity contribution in [1.29, 1.82) is 0 Å². The number of thiocarbonyl (C=S) groups is 1. The van der Waals surface area contributed by atoms with E-state index in [1.165, 1.54) is 25.6 Å². The Kier molecular flexibility index (Phi) is 7.66. The third-order valence-electron chi connectivity index (χ3n) is 6.82. The summed E-state index contributed by atoms with van der Waals surface area (Å²) < 4.78 is 52.6. The Balaban J connectivity index is 1.55. The van der Waals surface area contributed by atoms with Gasteiger partial charge in [0.25, 0.3) is 5.91 Å². The van der Waals surface area contributed by atoms with E-state index in [4.69, 9.17) is 21.7 Å². The number of likely N-dealkylation sites (tertiary alicyclic amines) is 1. The van der Waals surface area contributed by atoms with Gasteiger partial charge in [-0.25, -0.2) is 4.39 Å². The van der Waals surface area contributed by atoms with Crippen molar-refractivity contribution < 1.29 is 27.4 Å². The third-order valence-corrected chi connectivity index (χ3v) is 7.82. The number of hydrogen-bond acceptors (Lipinski definition) is 7. The first-order valence-electron chi connectivity index (χ1n) is 11.4. The predicted molar refractivity (Wildman–Crippen MR) is 136 cm³/mol. The Labute approximate surface area is 218 Å². The molecule has 0 radical (unpaired) electrons. The lowest BCUT2D eigenvalue weighted by atomic mass is 9.93. The van der Waals surface area contributed by atoms with Crippen molar-refractivity contribution in [2.24, 2.45) is 0 Å². The molecule has 3 atom stereocenters. The van der Waals surface area contributed by atoms with Crippen molar-refractivity contribution in [2.75, 3.05) is 26.5 Å². The van der Waals surface area contributed by atoms with Crippen LogP contribution in [0.3, 0.4) is 0 Å². The molecular weight excluding hydrogens is 511 g/mol. The van der Waals surface area contributed by atoms with E-state index >= 15 is 0 Å². The van der Waals surface area contributed by atoms with Crippen molar-refractivity contribution in [3.8, 4) is 11.1 Å². The minimum absolute atomic E-state index is 0.459. The fraction of sp³-hybridized carbons (Fsp3) is 0.480. The molecule has 1 amide bonds. The van der Waals surface area contributed by atoms with Crippen molar-refractivity contribution in [1.82, 2.24) is 14.8 Å². The van der Waals surface area contributed by atoms with E-state index in [9.17, 15) is 18.0 Å². The van der Waals surface area contributed by atoms with E-state index in [0.29, 0.717) is 9.95 Å². The molecule has 1 aromatic heterocycles. The Morgan fingerprint density at radius 3 is 2.39 bits per heavy atom. The van der Waals surface area contributed by atoms with E-state index < -0.39 is 42.6 Å². The zero-order valence-electron chi connectivity index (χ0n) is 20.4. The third kappa shape index (κ3) is 4.73. The van der Waals surface area contributed by atoms with Crippen LogP contribution in [0.1, 0.15) is 37.6 Å².